The number of nitrogens with zero attached hydrogens (tertiary/aromatic N) is 1. The molecule has 58 valence electrons. The van der Waals surface area contributed by atoms with Gasteiger partial charge in [0.2, 0.25) is 0 Å². The van der Waals surface area contributed by atoms with Crippen molar-refractivity contribution in [2.75, 3.05) is 0 Å². The van der Waals surface area contributed by atoms with E-state index in [1.54, 1.807) is 7.05 Å². The largest absolute Gasteiger partial charge is 0.319 e. The molecule has 0 amide bonds. The molecule has 1 aromatic heterocycles. The van der Waals surface area contributed by atoms with Crippen LogP contribution < -0.4 is 5.56 Å². The molecule has 0 fully saturated rings. The van der Waals surface area contributed by atoms with Crippen molar-refractivity contribution >= 4 is 18.5 Å². The topological polar surface area (TPSA) is 54.9 Å². The molecule has 1 N–H and O–H groups in total. The lowest BCUT2D eigenvalue weighted by Crippen LogP contribution is -2.13. The lowest BCUT2D eigenvalue weighted by Gasteiger charge is -1.99. The highest BCUT2D eigenvalue weighted by Gasteiger charge is 1.96. The SMILES string of the molecule is Cn1c(C=O)cc(=O)[nH]c1=S. The zero-order chi connectivity index (χ0) is 8.43. The van der Waals surface area contributed by atoms with Crippen molar-refractivity contribution in [2.45, 2.75) is 0 Å². The van der Waals surface area contributed by atoms with Gasteiger partial charge in [0, 0.05) is 13.1 Å². The number of hydrogen-bond donors (Lipinski definition) is 1. The first-order valence-corrected chi connectivity index (χ1v) is 3.31. The summed E-state index contributed by atoms with van der Waals surface area (Å²) in [5, 5.41) is 0. The predicted molar refractivity (Wildman–Crippen MR) is 42.3 cm³/mol. The number of rotatable bonds is 1. The smallest absolute Gasteiger partial charge is 0.252 e. The van der Waals surface area contributed by atoms with E-state index in [0.717, 1.165) is 0 Å². The Labute approximate surface area is 67.5 Å². The van der Waals surface area contributed by atoms with Gasteiger partial charge in [-0.15, -0.1) is 0 Å². The van der Waals surface area contributed by atoms with Gasteiger partial charge in [-0.3, -0.25) is 14.6 Å². The van der Waals surface area contributed by atoms with Crippen LogP contribution in [-0.2, 0) is 7.05 Å². The quantitative estimate of drug-likeness (QED) is 0.485. The van der Waals surface area contributed by atoms with E-state index < -0.39 is 0 Å². The fraction of sp³-hybridized carbons (Fsp3) is 0.167. The second-order valence-corrected chi connectivity index (χ2v) is 2.43. The maximum Gasteiger partial charge on any atom is 0.252 e. The van der Waals surface area contributed by atoms with Crippen molar-refractivity contribution in [3.63, 3.8) is 0 Å². The van der Waals surface area contributed by atoms with Crippen LogP contribution in [0.25, 0.3) is 0 Å². The summed E-state index contributed by atoms with van der Waals surface area (Å²) >= 11 is 4.74. The number of aromatic nitrogens is 2. The Kier molecular flexibility index (Phi) is 2.00. The van der Waals surface area contributed by atoms with E-state index in [1.807, 2.05) is 0 Å². The third-order valence-corrected chi connectivity index (χ3v) is 1.70. The van der Waals surface area contributed by atoms with Gasteiger partial charge in [-0.05, 0) is 12.2 Å². The molecule has 0 atom stereocenters. The highest BCUT2D eigenvalue weighted by atomic mass is 32.1. The molecular formula is C6H6N2O2S. The Hall–Kier alpha value is -1.23. The van der Waals surface area contributed by atoms with Crippen LogP contribution in [0.15, 0.2) is 10.9 Å². The van der Waals surface area contributed by atoms with E-state index in [0.29, 0.717) is 6.29 Å². The number of hydrogen-bond acceptors (Lipinski definition) is 3. The van der Waals surface area contributed by atoms with Gasteiger partial charge in [0.15, 0.2) is 11.1 Å². The fourth-order valence-corrected chi connectivity index (χ4v) is 0.893. The van der Waals surface area contributed by atoms with Crippen LogP contribution in [0.1, 0.15) is 10.5 Å². The van der Waals surface area contributed by atoms with Gasteiger partial charge in [0.25, 0.3) is 5.56 Å². The molecule has 0 radical (unpaired) electrons. The average Bonchev–Trinajstić information content (AvgIpc) is 1.96. The second-order valence-electron chi connectivity index (χ2n) is 2.04. The summed E-state index contributed by atoms with van der Waals surface area (Å²) < 4.78 is 1.68. The molecule has 0 saturated heterocycles. The molecule has 0 unspecified atom stereocenters. The summed E-state index contributed by atoms with van der Waals surface area (Å²) in [5.41, 5.74) is -0.0750. The minimum Gasteiger partial charge on any atom is -0.319 e. The molecule has 1 aromatic rings. The number of H-pyrrole nitrogens is 1. The molecule has 5 heteroatoms. The lowest BCUT2D eigenvalue weighted by molar-refractivity contribution is 0.111. The summed E-state index contributed by atoms with van der Waals surface area (Å²) in [6, 6.07) is 1.20. The van der Waals surface area contributed by atoms with E-state index in [2.05, 4.69) is 4.98 Å². The molecule has 0 bridgehead atoms. The average molecular weight is 170 g/mol. The number of aldehydes is 1. The molecule has 0 spiro atoms. The van der Waals surface area contributed by atoms with Crippen LogP contribution in [0.5, 0.6) is 0 Å². The number of carbonyl (C=O) groups is 1. The van der Waals surface area contributed by atoms with Gasteiger partial charge in [-0.2, -0.15) is 0 Å². The van der Waals surface area contributed by atoms with Gasteiger partial charge in [-0.1, -0.05) is 0 Å². The first kappa shape index (κ1) is 7.87. The van der Waals surface area contributed by atoms with Crippen LogP contribution in [-0.4, -0.2) is 15.8 Å². The summed E-state index contributed by atoms with van der Waals surface area (Å²) in [5.74, 6) is 0. The van der Waals surface area contributed by atoms with E-state index in [-0.39, 0.29) is 16.0 Å². The monoisotopic (exact) mass is 170 g/mol. The first-order chi connectivity index (χ1) is 5.15. The van der Waals surface area contributed by atoms with Crippen LogP contribution in [0.3, 0.4) is 0 Å². The third kappa shape index (κ3) is 1.43. The molecule has 11 heavy (non-hydrogen) atoms. The fourth-order valence-electron chi connectivity index (χ4n) is 0.687. The third-order valence-electron chi connectivity index (χ3n) is 1.32. The lowest BCUT2D eigenvalue weighted by atomic mass is 10.4. The molecule has 1 heterocycles. The predicted octanol–water partition coefficient (Wildman–Crippen LogP) is 0.255. The van der Waals surface area contributed by atoms with Crippen molar-refractivity contribution in [3.8, 4) is 0 Å². The molecular weight excluding hydrogens is 164 g/mol. The van der Waals surface area contributed by atoms with E-state index in [4.69, 9.17) is 12.2 Å². The second kappa shape index (κ2) is 2.79. The maximum absolute atomic E-state index is 10.7. The number of aromatic amines is 1. The standard InChI is InChI=1S/C6H6N2O2S/c1-8-4(3-9)2-5(10)7-6(8)11/h2-3H,1H3,(H,7,10,11). The van der Waals surface area contributed by atoms with Crippen LogP contribution in [0.2, 0.25) is 0 Å². The summed E-state index contributed by atoms with van der Waals surface area (Å²) in [4.78, 5) is 23.4. The van der Waals surface area contributed by atoms with E-state index in [9.17, 15) is 9.59 Å². The van der Waals surface area contributed by atoms with Crippen molar-refractivity contribution in [1.29, 1.82) is 0 Å². The zero-order valence-electron chi connectivity index (χ0n) is 5.83. The van der Waals surface area contributed by atoms with Gasteiger partial charge < -0.3 is 4.57 Å². The molecule has 0 aliphatic heterocycles. The van der Waals surface area contributed by atoms with Gasteiger partial charge in [0.05, 0.1) is 5.69 Å². The zero-order valence-corrected chi connectivity index (χ0v) is 6.64. The maximum atomic E-state index is 10.7. The van der Waals surface area contributed by atoms with Crippen molar-refractivity contribution in [3.05, 3.63) is 26.9 Å². The number of nitrogens with one attached hydrogen (secondary N) is 1. The van der Waals surface area contributed by atoms with Gasteiger partial charge in [-0.25, -0.2) is 0 Å². The van der Waals surface area contributed by atoms with Crippen LogP contribution >= 0.6 is 12.2 Å². The molecule has 1 rings (SSSR count). The van der Waals surface area contributed by atoms with Crippen molar-refractivity contribution < 1.29 is 4.79 Å². The van der Waals surface area contributed by atoms with E-state index in [1.165, 1.54) is 10.6 Å². The van der Waals surface area contributed by atoms with Crippen molar-refractivity contribution in [1.82, 2.24) is 9.55 Å². The van der Waals surface area contributed by atoms with Gasteiger partial charge >= 0.3 is 0 Å². The van der Waals surface area contributed by atoms with Gasteiger partial charge in [0.1, 0.15) is 0 Å². The summed E-state index contributed by atoms with van der Waals surface area (Å²) in [7, 11) is 1.61. The molecule has 4 nitrogen and oxygen atoms in total. The first-order valence-electron chi connectivity index (χ1n) is 2.90. The molecule has 0 aliphatic rings. The van der Waals surface area contributed by atoms with E-state index >= 15 is 0 Å². The minimum atomic E-state index is -0.352. The minimum absolute atomic E-state index is 0.250. The van der Waals surface area contributed by atoms with Crippen LogP contribution in [0, 0.1) is 4.77 Å². The molecule has 0 saturated carbocycles. The Morgan fingerprint density at radius 3 is 2.91 bits per heavy atom. The normalized spacial score (nSPS) is 9.55. The molecule has 0 aromatic carbocycles. The molecule has 0 aliphatic carbocycles. The Balaban J connectivity index is 3.61. The summed E-state index contributed by atoms with van der Waals surface area (Å²) in [6.07, 6.45) is 0.588. The highest BCUT2D eigenvalue weighted by molar-refractivity contribution is 7.71. The Morgan fingerprint density at radius 2 is 2.36 bits per heavy atom. The highest BCUT2D eigenvalue weighted by Crippen LogP contribution is 1.88. The Bertz CT molecular complexity index is 390. The van der Waals surface area contributed by atoms with Crippen molar-refractivity contribution in [2.24, 2.45) is 7.05 Å². The van der Waals surface area contributed by atoms with Crippen LogP contribution in [0.4, 0.5) is 0 Å². The summed E-state index contributed by atoms with van der Waals surface area (Å²) in [6.45, 7) is 0. The Morgan fingerprint density at radius 1 is 1.73 bits per heavy atom. The number of carbonyl (C=O) groups excluding carboxylic acids is 1.